The van der Waals surface area contributed by atoms with Crippen LogP contribution in [0.3, 0.4) is 0 Å². The molecule has 1 amide bonds. The second kappa shape index (κ2) is 10.4. The van der Waals surface area contributed by atoms with Gasteiger partial charge in [-0.25, -0.2) is 9.97 Å². The molecule has 0 unspecified atom stereocenters. The van der Waals surface area contributed by atoms with Gasteiger partial charge in [-0.2, -0.15) is 0 Å². The van der Waals surface area contributed by atoms with Crippen LogP contribution in [0.1, 0.15) is 60.5 Å². The standard InChI is InChI=1S/C27H31N3O2/c1-19-17-20(2)29-27(28-19)32-24-15-13-23(14-16-24)30-26(31)18-25(21-9-5-3-6-10-21)22-11-7-4-8-12-22/h3-12,17,23-25H,13-16,18H2,1-2H3,(H,30,31). The molecule has 1 saturated carbocycles. The van der Waals surface area contributed by atoms with Crippen molar-refractivity contribution in [2.45, 2.75) is 64.0 Å². The molecule has 1 fully saturated rings. The van der Waals surface area contributed by atoms with Gasteiger partial charge in [0.25, 0.3) is 0 Å². The zero-order valence-electron chi connectivity index (χ0n) is 18.8. The number of benzene rings is 2. The quantitative estimate of drug-likeness (QED) is 0.566. The number of aryl methyl sites for hydroxylation is 2. The Morgan fingerprint density at radius 3 is 1.97 bits per heavy atom. The fourth-order valence-corrected chi connectivity index (χ4v) is 4.49. The van der Waals surface area contributed by atoms with E-state index in [0.717, 1.165) is 37.1 Å². The van der Waals surface area contributed by atoms with Gasteiger partial charge in [0.1, 0.15) is 6.10 Å². The molecule has 5 nitrogen and oxygen atoms in total. The van der Waals surface area contributed by atoms with Gasteiger partial charge in [-0.15, -0.1) is 0 Å². The van der Waals surface area contributed by atoms with E-state index in [2.05, 4.69) is 39.6 Å². The van der Waals surface area contributed by atoms with Crippen LogP contribution in [-0.2, 0) is 4.79 Å². The van der Waals surface area contributed by atoms with E-state index in [-0.39, 0.29) is 24.0 Å². The predicted molar refractivity (Wildman–Crippen MR) is 126 cm³/mol. The monoisotopic (exact) mass is 429 g/mol. The number of aromatic nitrogens is 2. The molecule has 1 aliphatic rings. The van der Waals surface area contributed by atoms with Gasteiger partial charge in [0.15, 0.2) is 0 Å². The van der Waals surface area contributed by atoms with Crippen LogP contribution in [0.4, 0.5) is 0 Å². The van der Waals surface area contributed by atoms with Crippen molar-refractivity contribution < 1.29 is 9.53 Å². The summed E-state index contributed by atoms with van der Waals surface area (Å²) in [6.45, 7) is 3.90. The molecule has 2 aromatic carbocycles. The van der Waals surface area contributed by atoms with Crippen molar-refractivity contribution >= 4 is 5.91 Å². The number of hydrogen-bond acceptors (Lipinski definition) is 4. The lowest BCUT2D eigenvalue weighted by Gasteiger charge is -2.29. The third kappa shape index (κ3) is 5.94. The summed E-state index contributed by atoms with van der Waals surface area (Å²) in [6, 6.07) is 23.1. The molecule has 0 radical (unpaired) electrons. The Labute approximate surface area is 190 Å². The Balaban J connectivity index is 1.32. The van der Waals surface area contributed by atoms with Crippen molar-refractivity contribution in [3.63, 3.8) is 0 Å². The van der Waals surface area contributed by atoms with Gasteiger partial charge in [0, 0.05) is 29.8 Å². The number of carbonyl (C=O) groups excluding carboxylic acids is 1. The van der Waals surface area contributed by atoms with Crippen molar-refractivity contribution in [1.82, 2.24) is 15.3 Å². The van der Waals surface area contributed by atoms with Gasteiger partial charge in [-0.1, -0.05) is 60.7 Å². The van der Waals surface area contributed by atoms with Gasteiger partial charge in [0.2, 0.25) is 5.91 Å². The first-order valence-electron chi connectivity index (χ1n) is 11.4. The Morgan fingerprint density at radius 2 is 1.44 bits per heavy atom. The lowest BCUT2D eigenvalue weighted by atomic mass is 9.87. The molecule has 0 spiro atoms. The van der Waals surface area contributed by atoms with Crippen LogP contribution in [-0.4, -0.2) is 28.0 Å². The first-order chi connectivity index (χ1) is 15.6. The fraction of sp³-hybridized carbons (Fsp3) is 0.370. The largest absolute Gasteiger partial charge is 0.460 e. The normalized spacial score (nSPS) is 18.3. The van der Waals surface area contributed by atoms with Gasteiger partial charge >= 0.3 is 6.01 Å². The molecule has 0 saturated heterocycles. The zero-order valence-corrected chi connectivity index (χ0v) is 18.8. The summed E-state index contributed by atoms with van der Waals surface area (Å²) in [5, 5.41) is 3.27. The molecule has 166 valence electrons. The number of amides is 1. The summed E-state index contributed by atoms with van der Waals surface area (Å²) in [7, 11) is 0. The second-order valence-corrected chi connectivity index (χ2v) is 8.67. The summed E-state index contributed by atoms with van der Waals surface area (Å²) in [5.41, 5.74) is 4.17. The summed E-state index contributed by atoms with van der Waals surface area (Å²) < 4.78 is 6.02. The van der Waals surface area contributed by atoms with E-state index in [9.17, 15) is 4.79 Å². The average molecular weight is 430 g/mol. The molecule has 5 heteroatoms. The first kappa shape index (κ1) is 22.0. The summed E-state index contributed by atoms with van der Waals surface area (Å²) in [6.07, 6.45) is 4.14. The third-order valence-electron chi connectivity index (χ3n) is 6.07. The Morgan fingerprint density at radius 1 is 0.906 bits per heavy atom. The lowest BCUT2D eigenvalue weighted by molar-refractivity contribution is -0.122. The smallest absolute Gasteiger partial charge is 0.317 e. The number of nitrogens with one attached hydrogen (secondary N) is 1. The van der Waals surface area contributed by atoms with E-state index < -0.39 is 0 Å². The third-order valence-corrected chi connectivity index (χ3v) is 6.07. The van der Waals surface area contributed by atoms with Crippen molar-refractivity contribution in [2.75, 3.05) is 0 Å². The van der Waals surface area contributed by atoms with Crippen LogP contribution in [0.5, 0.6) is 6.01 Å². The molecule has 0 atom stereocenters. The molecule has 1 aromatic heterocycles. The minimum Gasteiger partial charge on any atom is -0.460 e. The average Bonchev–Trinajstić information content (AvgIpc) is 2.79. The van der Waals surface area contributed by atoms with Crippen LogP contribution in [0, 0.1) is 13.8 Å². The minimum absolute atomic E-state index is 0.0544. The maximum atomic E-state index is 13.0. The number of rotatable bonds is 7. The summed E-state index contributed by atoms with van der Waals surface area (Å²) in [4.78, 5) is 21.7. The van der Waals surface area contributed by atoms with Gasteiger partial charge in [-0.3, -0.25) is 4.79 Å². The SMILES string of the molecule is Cc1cc(C)nc(OC2CCC(NC(=O)CC(c3ccccc3)c3ccccc3)CC2)n1. The number of carbonyl (C=O) groups is 1. The molecule has 3 aromatic rings. The molecular weight excluding hydrogens is 398 g/mol. The highest BCUT2D eigenvalue weighted by molar-refractivity contribution is 5.78. The van der Waals surface area contributed by atoms with Crippen molar-refractivity contribution in [3.8, 4) is 6.01 Å². The van der Waals surface area contributed by atoms with Crippen LogP contribution in [0.25, 0.3) is 0 Å². The maximum absolute atomic E-state index is 13.0. The molecule has 0 bridgehead atoms. The van der Waals surface area contributed by atoms with Crippen LogP contribution >= 0.6 is 0 Å². The molecule has 32 heavy (non-hydrogen) atoms. The Bertz CT molecular complexity index is 956. The van der Waals surface area contributed by atoms with Crippen LogP contribution in [0.2, 0.25) is 0 Å². The van der Waals surface area contributed by atoms with Crippen LogP contribution in [0.15, 0.2) is 66.7 Å². The van der Waals surface area contributed by atoms with Crippen molar-refractivity contribution in [3.05, 3.63) is 89.2 Å². The molecule has 1 N–H and O–H groups in total. The second-order valence-electron chi connectivity index (χ2n) is 8.67. The number of nitrogens with zero attached hydrogens (tertiary/aromatic N) is 2. The van der Waals surface area contributed by atoms with Crippen molar-refractivity contribution in [2.24, 2.45) is 0 Å². The van der Waals surface area contributed by atoms with E-state index in [1.165, 1.54) is 11.1 Å². The summed E-state index contributed by atoms with van der Waals surface area (Å²) in [5.74, 6) is 0.156. The molecule has 0 aliphatic heterocycles. The van der Waals surface area contributed by atoms with Crippen molar-refractivity contribution in [1.29, 1.82) is 0 Å². The highest BCUT2D eigenvalue weighted by Crippen LogP contribution is 2.28. The minimum atomic E-state index is 0.0544. The number of hydrogen-bond donors (Lipinski definition) is 1. The predicted octanol–water partition coefficient (Wildman–Crippen LogP) is 5.12. The molecular formula is C27H31N3O2. The lowest BCUT2D eigenvalue weighted by Crippen LogP contribution is -2.40. The Kier molecular flexibility index (Phi) is 7.15. The highest BCUT2D eigenvalue weighted by Gasteiger charge is 2.26. The molecule has 1 aliphatic carbocycles. The van der Waals surface area contributed by atoms with E-state index in [1.807, 2.05) is 56.3 Å². The zero-order chi connectivity index (χ0) is 22.3. The van der Waals surface area contributed by atoms with Gasteiger partial charge in [-0.05, 0) is 56.7 Å². The summed E-state index contributed by atoms with van der Waals surface area (Å²) >= 11 is 0. The molecule has 1 heterocycles. The van der Waals surface area contributed by atoms with Crippen LogP contribution < -0.4 is 10.1 Å². The highest BCUT2D eigenvalue weighted by atomic mass is 16.5. The van der Waals surface area contributed by atoms with E-state index in [0.29, 0.717) is 12.4 Å². The maximum Gasteiger partial charge on any atom is 0.317 e. The van der Waals surface area contributed by atoms with E-state index in [1.54, 1.807) is 0 Å². The fourth-order valence-electron chi connectivity index (χ4n) is 4.49. The number of ether oxygens (including phenoxy) is 1. The first-order valence-corrected chi connectivity index (χ1v) is 11.4. The van der Waals surface area contributed by atoms with Gasteiger partial charge in [0.05, 0.1) is 0 Å². The topological polar surface area (TPSA) is 64.1 Å². The Hall–Kier alpha value is -3.21. The van der Waals surface area contributed by atoms with E-state index >= 15 is 0 Å². The van der Waals surface area contributed by atoms with Gasteiger partial charge < -0.3 is 10.1 Å². The molecule has 4 rings (SSSR count). The van der Waals surface area contributed by atoms with E-state index in [4.69, 9.17) is 4.74 Å².